The second-order valence-corrected chi connectivity index (χ2v) is 9.18. The summed E-state index contributed by atoms with van der Waals surface area (Å²) in [5.74, 6) is -0.874. The summed E-state index contributed by atoms with van der Waals surface area (Å²) in [5, 5.41) is 12.3. The van der Waals surface area contributed by atoms with E-state index in [0.29, 0.717) is 11.5 Å². The number of carboxylic acids is 1. The maximum Gasteiger partial charge on any atom is 0.308 e. The molecule has 20 heavy (non-hydrogen) atoms. The Morgan fingerprint density at radius 1 is 1.30 bits per heavy atom. The minimum atomic E-state index is -0.784. The van der Waals surface area contributed by atoms with Crippen LogP contribution in [-0.2, 0) is 4.79 Å². The van der Waals surface area contributed by atoms with Crippen molar-refractivity contribution in [1.82, 2.24) is 5.32 Å². The third-order valence-electron chi connectivity index (χ3n) is 4.40. The molecular formula is C13H13Br2NO3S. The monoisotopic (exact) mass is 421 g/mol. The van der Waals surface area contributed by atoms with Crippen LogP contribution in [0.3, 0.4) is 0 Å². The Balaban J connectivity index is 1.78. The molecule has 2 N–H and O–H groups in total. The van der Waals surface area contributed by atoms with Gasteiger partial charge in [0, 0.05) is 6.04 Å². The minimum Gasteiger partial charge on any atom is -0.481 e. The molecular weight excluding hydrogens is 410 g/mol. The van der Waals surface area contributed by atoms with Crippen molar-refractivity contribution in [2.24, 2.45) is 17.8 Å². The first-order valence-electron chi connectivity index (χ1n) is 6.46. The number of amides is 1. The highest BCUT2D eigenvalue weighted by atomic mass is 79.9. The van der Waals surface area contributed by atoms with Crippen LogP contribution in [0.2, 0.25) is 0 Å². The van der Waals surface area contributed by atoms with Gasteiger partial charge in [0.05, 0.1) is 19.1 Å². The highest BCUT2D eigenvalue weighted by molar-refractivity contribution is 9.12. The van der Waals surface area contributed by atoms with E-state index in [4.69, 9.17) is 0 Å². The number of rotatable bonds is 3. The second-order valence-electron chi connectivity index (χ2n) is 5.43. The number of hydrogen-bond acceptors (Lipinski definition) is 3. The first kappa shape index (κ1) is 14.5. The summed E-state index contributed by atoms with van der Waals surface area (Å²) in [6.45, 7) is 0. The summed E-state index contributed by atoms with van der Waals surface area (Å²) in [6, 6.07) is 1.52. The van der Waals surface area contributed by atoms with Crippen molar-refractivity contribution in [3.05, 3.63) is 19.2 Å². The largest absolute Gasteiger partial charge is 0.481 e. The van der Waals surface area contributed by atoms with Crippen molar-refractivity contribution in [1.29, 1.82) is 0 Å². The fraction of sp³-hybridized carbons (Fsp3) is 0.538. The highest BCUT2D eigenvalue weighted by Gasteiger charge is 2.51. The third kappa shape index (κ3) is 2.44. The lowest BCUT2D eigenvalue weighted by Crippen LogP contribution is -2.46. The number of hydrogen-bond donors (Lipinski definition) is 2. The summed E-state index contributed by atoms with van der Waals surface area (Å²) in [5.41, 5.74) is 0.564. The van der Waals surface area contributed by atoms with E-state index in [0.717, 1.165) is 26.8 Å². The van der Waals surface area contributed by atoms with Crippen LogP contribution in [0.15, 0.2) is 13.6 Å². The normalized spacial score (nSPS) is 31.5. The smallest absolute Gasteiger partial charge is 0.308 e. The third-order valence-corrected chi connectivity index (χ3v) is 6.74. The van der Waals surface area contributed by atoms with Crippen molar-refractivity contribution >= 4 is 55.1 Å². The van der Waals surface area contributed by atoms with Gasteiger partial charge in [-0.15, -0.1) is 11.3 Å². The molecule has 4 atom stereocenters. The SMILES string of the molecule is O=C(NC1C2CCC(C2)C1C(=O)O)c1cc(Br)sc1Br. The number of carbonyl (C=O) groups excluding carboxylic acids is 1. The molecule has 2 aliphatic carbocycles. The molecule has 1 aromatic heterocycles. The van der Waals surface area contributed by atoms with Gasteiger partial charge in [-0.3, -0.25) is 9.59 Å². The predicted molar refractivity (Wildman–Crippen MR) is 82.9 cm³/mol. The minimum absolute atomic E-state index is 0.192. The zero-order valence-electron chi connectivity index (χ0n) is 10.4. The van der Waals surface area contributed by atoms with Gasteiger partial charge in [-0.25, -0.2) is 0 Å². The Kier molecular flexibility index (Phi) is 3.94. The molecule has 3 rings (SSSR count). The van der Waals surface area contributed by atoms with E-state index < -0.39 is 11.9 Å². The fourth-order valence-corrected chi connectivity index (χ4v) is 6.37. The lowest BCUT2D eigenvalue weighted by Gasteiger charge is -2.28. The molecule has 0 saturated heterocycles. The molecule has 0 spiro atoms. The molecule has 2 fully saturated rings. The van der Waals surface area contributed by atoms with Gasteiger partial charge >= 0.3 is 5.97 Å². The van der Waals surface area contributed by atoms with E-state index in [2.05, 4.69) is 37.2 Å². The average molecular weight is 423 g/mol. The van der Waals surface area contributed by atoms with Gasteiger partial charge in [0.25, 0.3) is 5.91 Å². The Bertz CT molecular complexity index is 574. The standard InChI is InChI=1S/C13H13Br2NO3S/c14-8-4-7(11(15)20-8)12(17)16-10-6-2-1-5(3-6)9(10)13(18)19/h4-6,9-10H,1-3H2,(H,16,17)(H,18,19). The second kappa shape index (κ2) is 5.42. The van der Waals surface area contributed by atoms with Crippen molar-refractivity contribution in [2.45, 2.75) is 25.3 Å². The topological polar surface area (TPSA) is 66.4 Å². The predicted octanol–water partition coefficient (Wildman–Crippen LogP) is 3.50. The Labute approximate surface area is 137 Å². The summed E-state index contributed by atoms with van der Waals surface area (Å²) < 4.78 is 1.63. The van der Waals surface area contributed by atoms with Gasteiger partial charge < -0.3 is 10.4 Å². The zero-order valence-corrected chi connectivity index (χ0v) is 14.4. The summed E-state index contributed by atoms with van der Waals surface area (Å²) in [6.07, 6.45) is 2.92. The summed E-state index contributed by atoms with van der Waals surface area (Å²) >= 11 is 8.14. The number of halogens is 2. The summed E-state index contributed by atoms with van der Waals surface area (Å²) in [4.78, 5) is 23.8. The molecule has 7 heteroatoms. The van der Waals surface area contributed by atoms with Crippen LogP contribution in [0, 0.1) is 17.8 Å². The number of carbonyl (C=O) groups is 2. The Morgan fingerprint density at radius 3 is 2.60 bits per heavy atom. The first-order chi connectivity index (χ1) is 9.47. The van der Waals surface area contributed by atoms with Gasteiger partial charge in [-0.05, 0) is 69.0 Å². The Morgan fingerprint density at radius 2 is 2.00 bits per heavy atom. The number of thiophene rings is 1. The van der Waals surface area contributed by atoms with Gasteiger partial charge in [0.1, 0.15) is 0 Å². The van der Waals surface area contributed by atoms with Crippen LogP contribution in [0.1, 0.15) is 29.6 Å². The van der Waals surface area contributed by atoms with Gasteiger partial charge in [0.15, 0.2) is 0 Å². The molecule has 1 aromatic rings. The van der Waals surface area contributed by atoms with Crippen molar-refractivity contribution < 1.29 is 14.7 Å². The van der Waals surface area contributed by atoms with Gasteiger partial charge in [0.2, 0.25) is 0 Å². The molecule has 1 heterocycles. The lowest BCUT2D eigenvalue weighted by molar-refractivity contribution is -0.144. The average Bonchev–Trinajstić information content (AvgIpc) is 3.03. The van der Waals surface area contributed by atoms with Crippen molar-refractivity contribution in [2.75, 3.05) is 0 Å². The number of aliphatic carboxylic acids is 1. The van der Waals surface area contributed by atoms with Crippen LogP contribution in [0.5, 0.6) is 0 Å². The molecule has 2 aliphatic rings. The zero-order chi connectivity index (χ0) is 14.4. The van der Waals surface area contributed by atoms with Crippen molar-refractivity contribution in [3.63, 3.8) is 0 Å². The van der Waals surface area contributed by atoms with Crippen LogP contribution in [0.25, 0.3) is 0 Å². The molecule has 1 amide bonds. The maximum absolute atomic E-state index is 12.3. The molecule has 0 radical (unpaired) electrons. The van der Waals surface area contributed by atoms with E-state index >= 15 is 0 Å². The maximum atomic E-state index is 12.3. The molecule has 108 valence electrons. The molecule has 4 unspecified atom stereocenters. The van der Waals surface area contributed by atoms with Crippen LogP contribution < -0.4 is 5.32 Å². The van der Waals surface area contributed by atoms with E-state index in [1.54, 1.807) is 6.07 Å². The van der Waals surface area contributed by atoms with E-state index in [1.165, 1.54) is 11.3 Å². The van der Waals surface area contributed by atoms with Crippen LogP contribution >= 0.6 is 43.2 Å². The molecule has 2 saturated carbocycles. The van der Waals surface area contributed by atoms with E-state index in [1.807, 2.05) is 0 Å². The number of nitrogens with one attached hydrogen (secondary N) is 1. The Hall–Kier alpha value is -0.400. The summed E-state index contributed by atoms with van der Waals surface area (Å²) in [7, 11) is 0. The van der Waals surface area contributed by atoms with Crippen LogP contribution in [-0.4, -0.2) is 23.0 Å². The molecule has 0 aliphatic heterocycles. The molecule has 0 aromatic carbocycles. The van der Waals surface area contributed by atoms with Gasteiger partial charge in [-0.1, -0.05) is 0 Å². The van der Waals surface area contributed by atoms with E-state index in [-0.39, 0.29) is 17.9 Å². The highest BCUT2D eigenvalue weighted by Crippen LogP contribution is 2.48. The first-order valence-corrected chi connectivity index (χ1v) is 8.86. The number of carboxylic acid groups (broad SMARTS) is 1. The molecule has 2 bridgehead atoms. The fourth-order valence-electron chi connectivity index (χ4n) is 3.58. The number of fused-ring (bicyclic) bond motifs is 2. The van der Waals surface area contributed by atoms with Gasteiger partial charge in [-0.2, -0.15) is 0 Å². The van der Waals surface area contributed by atoms with Crippen molar-refractivity contribution in [3.8, 4) is 0 Å². The molecule has 4 nitrogen and oxygen atoms in total. The lowest BCUT2D eigenvalue weighted by atomic mass is 9.84. The van der Waals surface area contributed by atoms with E-state index in [9.17, 15) is 14.7 Å². The van der Waals surface area contributed by atoms with Crippen LogP contribution in [0.4, 0.5) is 0 Å². The quantitative estimate of drug-likeness (QED) is 0.783.